The van der Waals surface area contributed by atoms with Crippen molar-refractivity contribution in [2.24, 2.45) is 0 Å². The van der Waals surface area contributed by atoms with E-state index >= 15 is 0 Å². The summed E-state index contributed by atoms with van der Waals surface area (Å²) in [4.78, 5) is 18.7. The van der Waals surface area contributed by atoms with Crippen LogP contribution in [-0.2, 0) is 4.79 Å². The topological polar surface area (TPSA) is 75.1 Å². The van der Waals surface area contributed by atoms with Crippen LogP contribution in [0, 0.1) is 6.33 Å². The van der Waals surface area contributed by atoms with E-state index in [-0.39, 0.29) is 0 Å². The van der Waals surface area contributed by atoms with Crippen LogP contribution in [0.5, 0.6) is 0 Å². The maximum atomic E-state index is 11.2. The maximum Gasteiger partial charge on any atom is 0.329 e. The summed E-state index contributed by atoms with van der Waals surface area (Å²) in [6, 6.07) is 1.65. The fraction of sp³-hybridized carbons (Fsp3) is 0.500. The molecule has 1 fully saturated rings. The highest BCUT2D eigenvalue weighted by atomic mass is 16.4. The van der Waals surface area contributed by atoms with Crippen molar-refractivity contribution in [1.82, 2.24) is 9.97 Å². The highest BCUT2D eigenvalue weighted by molar-refractivity contribution is 5.82. The lowest BCUT2D eigenvalue weighted by Crippen LogP contribution is -2.43. The highest BCUT2D eigenvalue weighted by Crippen LogP contribution is 2.32. The number of hydrogen-bond donors (Lipinski definition) is 2. The van der Waals surface area contributed by atoms with Crippen molar-refractivity contribution >= 4 is 11.8 Å². The molecule has 5 nitrogen and oxygen atoms in total. The van der Waals surface area contributed by atoms with Gasteiger partial charge in [0.25, 0.3) is 0 Å². The first-order chi connectivity index (χ1) is 7.23. The van der Waals surface area contributed by atoms with Crippen LogP contribution >= 0.6 is 0 Å². The van der Waals surface area contributed by atoms with Gasteiger partial charge in [-0.3, -0.25) is 0 Å². The summed E-state index contributed by atoms with van der Waals surface area (Å²) in [5.74, 6) is -0.284. The first-order valence-corrected chi connectivity index (χ1v) is 4.94. The Bertz CT molecular complexity index is 347. The Labute approximate surface area is 87.6 Å². The number of nitrogens with zero attached hydrogens (tertiary/aromatic N) is 2. The number of hydrogen-bond acceptors (Lipinski definition) is 4. The van der Waals surface area contributed by atoms with Gasteiger partial charge in [0.2, 0.25) is 0 Å². The predicted octanol–water partition coefficient (Wildman–Crippen LogP) is 1.09. The molecule has 0 amide bonds. The third kappa shape index (κ3) is 1.91. The van der Waals surface area contributed by atoms with E-state index in [4.69, 9.17) is 0 Å². The lowest BCUT2D eigenvalue weighted by molar-refractivity contribution is -0.142. The zero-order valence-electron chi connectivity index (χ0n) is 8.23. The van der Waals surface area contributed by atoms with Crippen LogP contribution in [0.25, 0.3) is 0 Å². The summed E-state index contributed by atoms with van der Waals surface area (Å²) >= 11 is 0. The van der Waals surface area contributed by atoms with E-state index in [1.807, 2.05) is 0 Å². The van der Waals surface area contributed by atoms with Crippen molar-refractivity contribution in [2.75, 3.05) is 5.32 Å². The van der Waals surface area contributed by atoms with Crippen molar-refractivity contribution in [3.05, 3.63) is 18.6 Å². The van der Waals surface area contributed by atoms with Crippen molar-refractivity contribution in [1.29, 1.82) is 0 Å². The molecule has 0 atom stereocenters. The van der Waals surface area contributed by atoms with E-state index in [0.717, 1.165) is 12.8 Å². The standard InChI is InChI=1S/C10H12N3O2/c14-9(15)10(4-1-2-5-10)13-8-3-6-11-7-12-8/h3,6H,1-2,4-5H2,(H,14,15)(H,11,12,13). The number of carbonyl (C=O) groups is 1. The van der Waals surface area contributed by atoms with Crippen molar-refractivity contribution < 1.29 is 9.90 Å². The van der Waals surface area contributed by atoms with Gasteiger partial charge in [0.05, 0.1) is 0 Å². The molecule has 0 unspecified atom stereocenters. The number of carboxylic acids is 1. The molecule has 15 heavy (non-hydrogen) atoms. The van der Waals surface area contributed by atoms with Crippen molar-refractivity contribution in [2.45, 2.75) is 31.2 Å². The van der Waals surface area contributed by atoms with Crippen LogP contribution < -0.4 is 5.32 Å². The summed E-state index contributed by atoms with van der Waals surface area (Å²) in [6.07, 6.45) is 7.14. The molecule has 2 N–H and O–H groups in total. The Kier molecular flexibility index (Phi) is 2.53. The molecule has 1 aromatic rings. The first kappa shape index (κ1) is 9.89. The van der Waals surface area contributed by atoms with Crippen LogP contribution in [0.4, 0.5) is 5.82 Å². The van der Waals surface area contributed by atoms with Gasteiger partial charge in [-0.25, -0.2) is 14.8 Å². The van der Waals surface area contributed by atoms with E-state index in [1.54, 1.807) is 12.3 Å². The Morgan fingerprint density at radius 3 is 2.80 bits per heavy atom. The molecular formula is C10H12N3O2. The molecule has 1 aliphatic rings. The summed E-state index contributed by atoms with van der Waals surface area (Å²) in [5.41, 5.74) is -0.845. The number of aliphatic carboxylic acids is 1. The lowest BCUT2D eigenvalue weighted by atomic mass is 9.98. The molecule has 2 rings (SSSR count). The van der Waals surface area contributed by atoms with Crippen LogP contribution in [0.2, 0.25) is 0 Å². The molecule has 1 aromatic heterocycles. The fourth-order valence-corrected chi connectivity index (χ4v) is 1.95. The van der Waals surface area contributed by atoms with Gasteiger partial charge in [0.1, 0.15) is 11.4 Å². The van der Waals surface area contributed by atoms with E-state index in [1.165, 1.54) is 0 Å². The van der Waals surface area contributed by atoms with Crippen LogP contribution in [0.1, 0.15) is 25.7 Å². The third-order valence-corrected chi connectivity index (χ3v) is 2.77. The van der Waals surface area contributed by atoms with Crippen LogP contribution in [0.3, 0.4) is 0 Å². The Morgan fingerprint density at radius 2 is 2.27 bits per heavy atom. The summed E-state index contributed by atoms with van der Waals surface area (Å²) in [6.45, 7) is 0. The van der Waals surface area contributed by atoms with Gasteiger partial charge < -0.3 is 10.4 Å². The average Bonchev–Trinajstić information content (AvgIpc) is 2.69. The second-order valence-electron chi connectivity index (χ2n) is 3.76. The molecule has 0 aliphatic heterocycles. The van der Waals surface area contributed by atoms with E-state index in [0.29, 0.717) is 18.7 Å². The summed E-state index contributed by atoms with van der Waals surface area (Å²) in [7, 11) is 0. The molecule has 1 radical (unpaired) electrons. The van der Waals surface area contributed by atoms with E-state index in [9.17, 15) is 9.90 Å². The molecule has 1 heterocycles. The molecule has 0 bridgehead atoms. The van der Waals surface area contributed by atoms with Crippen LogP contribution in [-0.4, -0.2) is 26.6 Å². The Morgan fingerprint density at radius 1 is 1.53 bits per heavy atom. The third-order valence-electron chi connectivity index (χ3n) is 2.77. The number of aromatic nitrogens is 2. The monoisotopic (exact) mass is 206 g/mol. The van der Waals surface area contributed by atoms with Crippen LogP contribution in [0.15, 0.2) is 12.3 Å². The van der Waals surface area contributed by atoms with Crippen molar-refractivity contribution in [3.63, 3.8) is 0 Å². The van der Waals surface area contributed by atoms with Gasteiger partial charge in [0, 0.05) is 6.20 Å². The molecule has 0 aromatic carbocycles. The zero-order chi connectivity index (χ0) is 10.7. The highest BCUT2D eigenvalue weighted by Gasteiger charge is 2.41. The minimum absolute atomic E-state index is 0.523. The van der Waals surface area contributed by atoms with Gasteiger partial charge in [-0.05, 0) is 18.9 Å². The predicted molar refractivity (Wildman–Crippen MR) is 53.3 cm³/mol. The number of rotatable bonds is 3. The minimum Gasteiger partial charge on any atom is -0.480 e. The average molecular weight is 206 g/mol. The van der Waals surface area contributed by atoms with Gasteiger partial charge >= 0.3 is 5.97 Å². The second kappa shape index (κ2) is 3.84. The summed E-state index contributed by atoms with van der Waals surface area (Å²) < 4.78 is 0. The smallest absolute Gasteiger partial charge is 0.329 e. The maximum absolute atomic E-state index is 11.2. The molecule has 1 aliphatic carbocycles. The van der Waals surface area contributed by atoms with E-state index < -0.39 is 11.5 Å². The number of carboxylic acid groups (broad SMARTS) is 1. The number of nitrogens with one attached hydrogen (secondary N) is 1. The Balaban J connectivity index is 2.18. The second-order valence-corrected chi connectivity index (χ2v) is 3.76. The van der Waals surface area contributed by atoms with Gasteiger partial charge in [-0.1, -0.05) is 12.8 Å². The molecular weight excluding hydrogens is 194 g/mol. The Hall–Kier alpha value is -1.65. The minimum atomic E-state index is -0.845. The molecule has 1 saturated carbocycles. The van der Waals surface area contributed by atoms with Gasteiger partial charge in [-0.15, -0.1) is 0 Å². The first-order valence-electron chi connectivity index (χ1n) is 4.94. The SMILES string of the molecule is O=C(O)C1(Nc2ccn[c]n2)CCCC1. The number of anilines is 1. The largest absolute Gasteiger partial charge is 0.480 e. The molecule has 79 valence electrons. The normalized spacial score (nSPS) is 18.7. The molecule has 0 spiro atoms. The summed E-state index contributed by atoms with van der Waals surface area (Å²) in [5, 5.41) is 12.2. The van der Waals surface area contributed by atoms with Gasteiger partial charge in [-0.2, -0.15) is 0 Å². The lowest BCUT2D eigenvalue weighted by Gasteiger charge is -2.25. The zero-order valence-corrected chi connectivity index (χ0v) is 8.23. The molecule has 0 saturated heterocycles. The molecule has 5 heteroatoms. The van der Waals surface area contributed by atoms with E-state index in [2.05, 4.69) is 21.6 Å². The van der Waals surface area contributed by atoms with Crippen molar-refractivity contribution in [3.8, 4) is 0 Å². The van der Waals surface area contributed by atoms with Gasteiger partial charge in [0.15, 0.2) is 6.33 Å². The fourth-order valence-electron chi connectivity index (χ4n) is 1.95. The quantitative estimate of drug-likeness (QED) is 0.774.